The minimum Gasteiger partial charge on any atom is -0.506 e. The van der Waals surface area contributed by atoms with Crippen LogP contribution in [0.5, 0.6) is 5.75 Å². The summed E-state index contributed by atoms with van der Waals surface area (Å²) in [5, 5.41) is 19.3. The number of rotatable bonds is 3. The van der Waals surface area contributed by atoms with Crippen LogP contribution >= 0.6 is 27.5 Å². The van der Waals surface area contributed by atoms with Crippen molar-refractivity contribution in [2.45, 2.75) is 19.9 Å². The van der Waals surface area contributed by atoms with E-state index in [1.165, 1.54) is 0 Å². The average Bonchev–Trinajstić information content (AvgIpc) is 2.22. The number of aliphatic hydroxyl groups is 1. The van der Waals surface area contributed by atoms with E-state index < -0.39 is 11.5 Å². The molecule has 0 bridgehead atoms. The highest BCUT2D eigenvalue weighted by molar-refractivity contribution is 9.10. The molecule has 1 rings (SSSR count). The largest absolute Gasteiger partial charge is 0.506 e. The van der Waals surface area contributed by atoms with Gasteiger partial charge in [-0.15, -0.1) is 0 Å². The third-order valence-electron chi connectivity index (χ3n) is 2.64. The van der Waals surface area contributed by atoms with E-state index >= 15 is 0 Å². The smallest absolute Gasteiger partial charge is 0.139 e. The molecule has 3 nitrogen and oxygen atoms in total. The van der Waals surface area contributed by atoms with E-state index in [-0.39, 0.29) is 17.4 Å². The normalized spacial score (nSPS) is 13.9. The quantitative estimate of drug-likeness (QED) is 0.804. The lowest BCUT2D eigenvalue weighted by atomic mass is 9.81. The van der Waals surface area contributed by atoms with Gasteiger partial charge in [-0.25, -0.2) is 0 Å². The van der Waals surface area contributed by atoms with Crippen LogP contribution in [0.1, 0.15) is 25.5 Å². The molecule has 16 heavy (non-hydrogen) atoms. The van der Waals surface area contributed by atoms with Gasteiger partial charge in [-0.3, -0.25) is 0 Å². The van der Waals surface area contributed by atoms with Crippen molar-refractivity contribution in [3.05, 3.63) is 27.2 Å². The van der Waals surface area contributed by atoms with E-state index in [0.717, 1.165) is 4.47 Å². The maximum atomic E-state index is 9.84. The molecule has 1 aromatic rings. The molecule has 0 aliphatic rings. The highest BCUT2D eigenvalue weighted by atomic mass is 79.9. The first kappa shape index (κ1) is 13.8. The second kappa shape index (κ2) is 4.92. The molecule has 0 aromatic heterocycles. The van der Waals surface area contributed by atoms with Crippen LogP contribution in [0, 0.1) is 5.41 Å². The molecule has 0 aliphatic carbocycles. The summed E-state index contributed by atoms with van der Waals surface area (Å²) < 4.78 is 0.745. The van der Waals surface area contributed by atoms with Gasteiger partial charge in [0.05, 0.1) is 5.02 Å². The van der Waals surface area contributed by atoms with Crippen molar-refractivity contribution in [3.63, 3.8) is 0 Å². The molecule has 1 atom stereocenters. The first-order valence-electron chi connectivity index (χ1n) is 4.84. The van der Waals surface area contributed by atoms with Crippen molar-refractivity contribution in [1.82, 2.24) is 0 Å². The highest BCUT2D eigenvalue weighted by Crippen LogP contribution is 2.40. The van der Waals surface area contributed by atoms with E-state index in [4.69, 9.17) is 17.3 Å². The summed E-state index contributed by atoms with van der Waals surface area (Å²) in [6.07, 6.45) is 0. The zero-order valence-corrected chi connectivity index (χ0v) is 11.5. The maximum absolute atomic E-state index is 9.84. The van der Waals surface area contributed by atoms with E-state index in [1.807, 2.05) is 13.8 Å². The van der Waals surface area contributed by atoms with Crippen molar-refractivity contribution in [2.24, 2.45) is 11.1 Å². The lowest BCUT2D eigenvalue weighted by molar-refractivity contribution is 0.131. The number of nitrogens with two attached hydrogens (primary N) is 1. The standard InChI is InChI=1S/C11H15BrClNO2/c1-11(2,5-15)10(14)7-3-6(12)4-8(13)9(7)16/h3-4,10,15-16H,5,14H2,1-2H3/t10-/m1/s1. The minimum atomic E-state index is -0.526. The molecule has 90 valence electrons. The van der Waals surface area contributed by atoms with Gasteiger partial charge in [0.2, 0.25) is 0 Å². The van der Waals surface area contributed by atoms with Crippen LogP contribution < -0.4 is 5.73 Å². The number of hydrogen-bond acceptors (Lipinski definition) is 3. The number of benzene rings is 1. The van der Waals surface area contributed by atoms with Crippen molar-refractivity contribution < 1.29 is 10.2 Å². The van der Waals surface area contributed by atoms with Gasteiger partial charge >= 0.3 is 0 Å². The molecular formula is C11H15BrClNO2. The summed E-state index contributed by atoms with van der Waals surface area (Å²) in [6.45, 7) is 3.58. The predicted octanol–water partition coefficient (Wildman–Crippen LogP) is 2.83. The summed E-state index contributed by atoms with van der Waals surface area (Å²) in [5.74, 6) is -0.0288. The molecule has 0 fully saturated rings. The van der Waals surface area contributed by atoms with Crippen LogP contribution in [0.2, 0.25) is 5.02 Å². The monoisotopic (exact) mass is 307 g/mol. The second-order valence-corrected chi connectivity index (χ2v) is 5.77. The number of hydrogen-bond donors (Lipinski definition) is 3. The Hall–Kier alpha value is -0.290. The van der Waals surface area contributed by atoms with Crippen molar-refractivity contribution in [1.29, 1.82) is 0 Å². The fourth-order valence-electron chi connectivity index (χ4n) is 1.34. The van der Waals surface area contributed by atoms with Crippen LogP contribution in [0.15, 0.2) is 16.6 Å². The summed E-state index contributed by atoms with van der Waals surface area (Å²) >= 11 is 9.15. The van der Waals surface area contributed by atoms with Gasteiger partial charge in [-0.2, -0.15) is 0 Å². The van der Waals surface area contributed by atoms with Gasteiger partial charge in [-0.05, 0) is 12.1 Å². The third-order valence-corrected chi connectivity index (χ3v) is 3.39. The number of phenolic OH excluding ortho intramolecular Hbond substituents is 1. The second-order valence-electron chi connectivity index (χ2n) is 4.45. The Morgan fingerprint density at radius 2 is 2.06 bits per heavy atom. The van der Waals surface area contributed by atoms with E-state index in [2.05, 4.69) is 15.9 Å². The SMILES string of the molecule is CC(C)(CO)[C@H](N)c1cc(Br)cc(Cl)c1O. The zero-order chi connectivity index (χ0) is 12.5. The summed E-state index contributed by atoms with van der Waals surface area (Å²) in [5.41, 5.74) is 6.02. The Bertz CT molecular complexity index is 396. The van der Waals surface area contributed by atoms with Crippen molar-refractivity contribution >= 4 is 27.5 Å². The Morgan fingerprint density at radius 3 is 2.56 bits per heavy atom. The lowest BCUT2D eigenvalue weighted by Crippen LogP contribution is -2.32. The van der Waals surface area contributed by atoms with Crippen LogP contribution in [0.25, 0.3) is 0 Å². The van der Waals surface area contributed by atoms with Gasteiger partial charge in [0.15, 0.2) is 0 Å². The minimum absolute atomic E-state index is 0.0288. The first-order valence-corrected chi connectivity index (χ1v) is 6.01. The molecule has 0 heterocycles. The average molecular weight is 309 g/mol. The summed E-state index contributed by atoms with van der Waals surface area (Å²) in [4.78, 5) is 0. The molecule has 0 aliphatic heterocycles. The van der Waals surface area contributed by atoms with Gasteiger partial charge in [0.1, 0.15) is 5.75 Å². The Labute approximate surface area is 108 Å². The van der Waals surface area contributed by atoms with E-state index in [0.29, 0.717) is 5.56 Å². The molecule has 0 amide bonds. The van der Waals surface area contributed by atoms with Crippen LogP contribution in [0.4, 0.5) is 0 Å². The Morgan fingerprint density at radius 1 is 1.50 bits per heavy atom. The number of aliphatic hydroxyl groups excluding tert-OH is 1. The fourth-order valence-corrected chi connectivity index (χ4v) is 2.18. The molecule has 5 heteroatoms. The number of halogens is 2. The molecule has 4 N–H and O–H groups in total. The molecule has 0 saturated carbocycles. The topological polar surface area (TPSA) is 66.5 Å². The summed E-state index contributed by atoms with van der Waals surface area (Å²) in [7, 11) is 0. The van der Waals surface area contributed by atoms with Crippen molar-refractivity contribution in [3.8, 4) is 5.75 Å². The zero-order valence-electron chi connectivity index (χ0n) is 9.17. The van der Waals surface area contributed by atoms with Crippen molar-refractivity contribution in [2.75, 3.05) is 6.61 Å². The summed E-state index contributed by atoms with van der Waals surface area (Å²) in [6, 6.07) is 2.81. The van der Waals surface area contributed by atoms with Crippen LogP contribution in [0.3, 0.4) is 0 Å². The van der Waals surface area contributed by atoms with Crippen LogP contribution in [-0.4, -0.2) is 16.8 Å². The maximum Gasteiger partial charge on any atom is 0.139 e. The van der Waals surface area contributed by atoms with Gasteiger partial charge in [0, 0.05) is 28.1 Å². The molecule has 0 unspecified atom stereocenters. The Balaban J connectivity index is 3.23. The van der Waals surface area contributed by atoms with Gasteiger partial charge in [0.25, 0.3) is 0 Å². The van der Waals surface area contributed by atoms with E-state index in [9.17, 15) is 10.2 Å². The predicted molar refractivity (Wildman–Crippen MR) is 68.6 cm³/mol. The Kier molecular flexibility index (Phi) is 4.23. The molecule has 0 saturated heterocycles. The molecule has 1 aromatic carbocycles. The fraction of sp³-hybridized carbons (Fsp3) is 0.455. The molecule has 0 radical (unpaired) electrons. The highest BCUT2D eigenvalue weighted by Gasteiger charge is 2.29. The first-order chi connectivity index (χ1) is 7.29. The third kappa shape index (κ3) is 2.69. The number of phenols is 1. The van der Waals surface area contributed by atoms with Gasteiger partial charge < -0.3 is 15.9 Å². The van der Waals surface area contributed by atoms with Crippen LogP contribution in [-0.2, 0) is 0 Å². The number of aromatic hydroxyl groups is 1. The lowest BCUT2D eigenvalue weighted by Gasteiger charge is -2.30. The van der Waals surface area contributed by atoms with Gasteiger partial charge in [-0.1, -0.05) is 41.4 Å². The molecule has 0 spiro atoms. The van der Waals surface area contributed by atoms with E-state index in [1.54, 1.807) is 12.1 Å². The molecular weight excluding hydrogens is 293 g/mol.